The van der Waals surface area contributed by atoms with Crippen molar-refractivity contribution in [1.29, 1.82) is 0 Å². The topological polar surface area (TPSA) is 68.8 Å². The van der Waals surface area contributed by atoms with Crippen LogP contribution in [0.2, 0.25) is 0 Å². The Kier molecular flexibility index (Phi) is 8.26. The van der Waals surface area contributed by atoms with Crippen molar-refractivity contribution in [2.45, 2.75) is 39.9 Å². The van der Waals surface area contributed by atoms with Gasteiger partial charge in [0.05, 0.1) is 30.6 Å². The van der Waals surface area contributed by atoms with Gasteiger partial charge in [0.2, 0.25) is 0 Å². The Morgan fingerprint density at radius 1 is 1.12 bits per heavy atom. The first-order valence-electron chi connectivity index (χ1n) is 7.40. The molecule has 0 amide bonds. The largest absolute Gasteiger partial charge is 0.465 e. The number of ether oxygens (including phenoxy) is 1. The van der Waals surface area contributed by atoms with E-state index >= 15 is 0 Å². The van der Waals surface area contributed by atoms with Gasteiger partial charge >= 0.3 is 5.97 Å². The van der Waals surface area contributed by atoms with E-state index in [0.717, 1.165) is 0 Å². The normalized spacial score (nSPS) is 11.5. The van der Waals surface area contributed by atoms with Gasteiger partial charge in [0.1, 0.15) is 0 Å². The highest BCUT2D eigenvalue weighted by Gasteiger charge is 2.24. The second-order valence-corrected chi connectivity index (χ2v) is 8.90. The highest BCUT2D eigenvalue weighted by atomic mass is 32.5. The Morgan fingerprint density at radius 2 is 1.67 bits per heavy atom. The van der Waals surface area contributed by atoms with Gasteiger partial charge in [0, 0.05) is 0 Å². The monoisotopic (exact) mass is 390 g/mol. The SMILES string of the molecule is COC(=O)c1ccccc1NC(=S)NP(=S)(OC(C)C)OC(C)C. The summed E-state index contributed by atoms with van der Waals surface area (Å²) < 4.78 is 16.2. The number of carbonyl (C=O) groups is 1. The van der Waals surface area contributed by atoms with Gasteiger partial charge in [-0.05, 0) is 63.9 Å². The minimum Gasteiger partial charge on any atom is -0.465 e. The van der Waals surface area contributed by atoms with Gasteiger partial charge in [0.15, 0.2) is 5.11 Å². The van der Waals surface area contributed by atoms with E-state index in [1.54, 1.807) is 24.3 Å². The van der Waals surface area contributed by atoms with Crippen LogP contribution in [0.25, 0.3) is 0 Å². The lowest BCUT2D eigenvalue weighted by molar-refractivity contribution is 0.0602. The summed E-state index contributed by atoms with van der Waals surface area (Å²) >= 11 is 10.8. The molecule has 0 heterocycles. The van der Waals surface area contributed by atoms with Gasteiger partial charge in [-0.2, -0.15) is 0 Å². The summed E-state index contributed by atoms with van der Waals surface area (Å²) in [7, 11) is 1.32. The molecule has 24 heavy (non-hydrogen) atoms. The number of para-hydroxylation sites is 1. The van der Waals surface area contributed by atoms with Crippen LogP contribution in [-0.4, -0.2) is 30.4 Å². The van der Waals surface area contributed by atoms with E-state index < -0.39 is 12.6 Å². The quantitative estimate of drug-likeness (QED) is 0.414. The lowest BCUT2D eigenvalue weighted by atomic mass is 10.2. The molecule has 0 bridgehead atoms. The molecule has 0 aliphatic carbocycles. The molecule has 0 aliphatic rings. The van der Waals surface area contributed by atoms with Gasteiger partial charge in [0.25, 0.3) is 6.64 Å². The second-order valence-electron chi connectivity index (χ2n) is 5.41. The van der Waals surface area contributed by atoms with Crippen LogP contribution in [0.3, 0.4) is 0 Å². The van der Waals surface area contributed by atoms with Gasteiger partial charge in [-0.1, -0.05) is 12.1 Å². The highest BCUT2D eigenvalue weighted by molar-refractivity contribution is 8.09. The Hall–Kier alpha value is -1.05. The fourth-order valence-electron chi connectivity index (χ4n) is 1.79. The average molecular weight is 390 g/mol. The predicted octanol–water partition coefficient (Wildman–Crippen LogP) is 3.83. The average Bonchev–Trinajstić information content (AvgIpc) is 2.44. The molecule has 0 spiro atoms. The number of anilines is 1. The number of rotatable bonds is 7. The first kappa shape index (κ1) is 21.0. The van der Waals surface area contributed by atoms with Crippen LogP contribution in [0.1, 0.15) is 38.1 Å². The van der Waals surface area contributed by atoms with Crippen LogP contribution in [0.4, 0.5) is 5.69 Å². The Bertz CT molecular complexity index is 624. The van der Waals surface area contributed by atoms with Crippen molar-refractivity contribution >= 4 is 47.4 Å². The van der Waals surface area contributed by atoms with E-state index in [-0.39, 0.29) is 17.3 Å². The summed E-state index contributed by atoms with van der Waals surface area (Å²) in [6.45, 7) is 4.67. The highest BCUT2D eigenvalue weighted by Crippen LogP contribution is 2.46. The standard InChI is InChI=1S/C15H23N2O4PS2/c1-10(2)20-22(24,21-11(3)4)17-15(23)16-13-9-7-6-8-12(13)14(18)19-5/h6-11H,1-5H3,(H2,16,17,23,24). The molecule has 0 fully saturated rings. The van der Waals surface area contributed by atoms with E-state index in [0.29, 0.717) is 11.3 Å². The molecule has 1 aromatic carbocycles. The van der Waals surface area contributed by atoms with Crippen LogP contribution in [0.15, 0.2) is 24.3 Å². The number of hydrogen-bond donors (Lipinski definition) is 2. The lowest BCUT2D eigenvalue weighted by Crippen LogP contribution is -2.30. The summed E-state index contributed by atoms with van der Waals surface area (Å²) in [4.78, 5) is 11.8. The molecule has 2 N–H and O–H groups in total. The number of methoxy groups -OCH3 is 1. The molecule has 9 heteroatoms. The van der Waals surface area contributed by atoms with Crippen LogP contribution in [0, 0.1) is 0 Å². The molecular formula is C15H23N2O4PS2. The van der Waals surface area contributed by atoms with Gasteiger partial charge < -0.3 is 19.1 Å². The third-order valence-corrected chi connectivity index (χ3v) is 5.56. The molecule has 0 unspecified atom stereocenters. The van der Waals surface area contributed by atoms with Crippen LogP contribution in [0.5, 0.6) is 0 Å². The number of esters is 1. The number of carbonyl (C=O) groups excluding carboxylic acids is 1. The molecule has 0 radical (unpaired) electrons. The minimum atomic E-state index is -2.81. The number of benzene rings is 1. The van der Waals surface area contributed by atoms with Gasteiger partial charge in [-0.3, -0.25) is 5.09 Å². The minimum absolute atomic E-state index is 0.118. The maximum atomic E-state index is 11.8. The summed E-state index contributed by atoms with van der Waals surface area (Å²) in [5.41, 5.74) is 0.879. The molecular weight excluding hydrogens is 367 g/mol. The van der Waals surface area contributed by atoms with Crippen molar-refractivity contribution < 1.29 is 18.6 Å². The number of hydrogen-bond acceptors (Lipinski definition) is 6. The van der Waals surface area contributed by atoms with Crippen molar-refractivity contribution in [2.24, 2.45) is 0 Å². The van der Waals surface area contributed by atoms with Crippen molar-refractivity contribution in [2.75, 3.05) is 12.4 Å². The molecule has 0 saturated carbocycles. The molecule has 1 aromatic rings. The number of nitrogens with one attached hydrogen (secondary N) is 2. The van der Waals surface area contributed by atoms with E-state index in [2.05, 4.69) is 10.4 Å². The Morgan fingerprint density at radius 3 is 2.17 bits per heavy atom. The Labute approximate surface area is 153 Å². The maximum Gasteiger partial charge on any atom is 0.339 e. The molecule has 134 valence electrons. The molecule has 6 nitrogen and oxygen atoms in total. The first-order chi connectivity index (χ1) is 11.2. The summed E-state index contributed by atoms with van der Waals surface area (Å²) in [6.07, 6.45) is -0.237. The molecule has 0 atom stereocenters. The maximum absolute atomic E-state index is 11.8. The Balaban J connectivity index is 2.91. The molecule has 1 rings (SSSR count). The van der Waals surface area contributed by atoms with Crippen LogP contribution >= 0.6 is 18.9 Å². The fourth-order valence-corrected chi connectivity index (χ4v) is 5.31. The van der Waals surface area contributed by atoms with E-state index in [4.69, 9.17) is 37.8 Å². The van der Waals surface area contributed by atoms with Gasteiger partial charge in [-0.15, -0.1) is 0 Å². The molecule has 0 saturated heterocycles. The van der Waals surface area contributed by atoms with Crippen molar-refractivity contribution in [3.8, 4) is 0 Å². The van der Waals surface area contributed by atoms with Crippen LogP contribution < -0.4 is 10.4 Å². The third-order valence-electron chi connectivity index (χ3n) is 2.52. The molecule has 0 aromatic heterocycles. The summed E-state index contributed by atoms with van der Waals surface area (Å²) in [6, 6.07) is 6.88. The van der Waals surface area contributed by atoms with Gasteiger partial charge in [-0.25, -0.2) is 4.79 Å². The predicted molar refractivity (Wildman–Crippen MR) is 104 cm³/mol. The first-order valence-corrected chi connectivity index (χ1v) is 10.4. The van der Waals surface area contributed by atoms with Crippen molar-refractivity contribution in [3.63, 3.8) is 0 Å². The zero-order valence-electron chi connectivity index (χ0n) is 14.4. The van der Waals surface area contributed by atoms with E-state index in [9.17, 15) is 4.79 Å². The second kappa shape index (κ2) is 9.44. The summed E-state index contributed by atoms with van der Waals surface area (Å²) in [5.74, 6) is -0.461. The zero-order valence-corrected chi connectivity index (χ0v) is 16.9. The zero-order chi connectivity index (χ0) is 18.3. The van der Waals surface area contributed by atoms with E-state index in [1.165, 1.54) is 7.11 Å². The third kappa shape index (κ3) is 6.83. The smallest absolute Gasteiger partial charge is 0.339 e. The van der Waals surface area contributed by atoms with Crippen molar-refractivity contribution in [3.05, 3.63) is 29.8 Å². The fraction of sp³-hybridized carbons (Fsp3) is 0.467. The lowest BCUT2D eigenvalue weighted by Gasteiger charge is -2.28. The summed E-state index contributed by atoms with van der Waals surface area (Å²) in [5, 5.41) is 6.11. The molecule has 0 aliphatic heterocycles. The van der Waals surface area contributed by atoms with Crippen LogP contribution in [-0.2, 0) is 25.6 Å². The van der Waals surface area contributed by atoms with E-state index in [1.807, 2.05) is 27.7 Å². The van der Waals surface area contributed by atoms with Crippen molar-refractivity contribution in [1.82, 2.24) is 5.09 Å². The number of thiocarbonyl (C=S) groups is 1.